The highest BCUT2D eigenvalue weighted by atomic mass is 127. The summed E-state index contributed by atoms with van der Waals surface area (Å²) in [4.78, 5) is 4.69. The molecule has 0 fully saturated rings. The first kappa shape index (κ1) is 25.1. The van der Waals surface area contributed by atoms with Crippen LogP contribution in [0.5, 0.6) is 0 Å². The number of nitrogens with zero attached hydrogens (tertiary/aromatic N) is 5. The Bertz CT molecular complexity index is 950. The van der Waals surface area contributed by atoms with Crippen LogP contribution in [-0.4, -0.2) is 51.6 Å². The van der Waals surface area contributed by atoms with E-state index in [1.165, 1.54) is 10.9 Å². The lowest BCUT2D eigenvalue weighted by atomic mass is 10.2. The number of benzene rings is 1. The Balaban J connectivity index is 0.00000341. The van der Waals surface area contributed by atoms with Crippen molar-refractivity contribution in [3.05, 3.63) is 48.2 Å². The molecule has 0 aliphatic rings. The van der Waals surface area contributed by atoms with Crippen molar-refractivity contribution in [3.8, 4) is 0 Å². The van der Waals surface area contributed by atoms with Crippen molar-refractivity contribution in [1.29, 1.82) is 0 Å². The van der Waals surface area contributed by atoms with Crippen molar-refractivity contribution < 1.29 is 4.74 Å². The highest BCUT2D eigenvalue weighted by Gasteiger charge is 2.05. The number of halogens is 1. The summed E-state index contributed by atoms with van der Waals surface area (Å²) in [6, 6.07) is 10.6. The second kappa shape index (κ2) is 13.3. The van der Waals surface area contributed by atoms with Gasteiger partial charge in [0.25, 0.3) is 0 Å². The Hall–Kier alpha value is -2.14. The molecule has 31 heavy (non-hydrogen) atoms. The number of fused-ring (bicyclic) bond motifs is 1. The second-order valence-electron chi connectivity index (χ2n) is 7.21. The van der Waals surface area contributed by atoms with Gasteiger partial charge >= 0.3 is 0 Å². The maximum absolute atomic E-state index is 5.41. The fraction of sp³-hybridized carbons (Fsp3) is 0.500. The zero-order valence-corrected chi connectivity index (χ0v) is 21.0. The highest BCUT2D eigenvalue weighted by molar-refractivity contribution is 14.0. The van der Waals surface area contributed by atoms with Crippen molar-refractivity contribution in [3.63, 3.8) is 0 Å². The predicted molar refractivity (Wildman–Crippen MR) is 136 cm³/mol. The molecule has 8 nitrogen and oxygen atoms in total. The summed E-state index contributed by atoms with van der Waals surface area (Å²) in [6.45, 7) is 8.54. The van der Waals surface area contributed by atoms with Crippen LogP contribution in [-0.2, 0) is 24.9 Å². The lowest BCUT2D eigenvalue weighted by Crippen LogP contribution is -2.39. The number of rotatable bonds is 11. The molecule has 0 saturated carbocycles. The molecule has 2 heterocycles. The van der Waals surface area contributed by atoms with E-state index < -0.39 is 0 Å². The molecule has 0 amide bonds. The topological polar surface area (TPSA) is 81.3 Å². The predicted octanol–water partition coefficient (Wildman–Crippen LogP) is 3.25. The molecule has 0 bridgehead atoms. The number of guanidine groups is 1. The van der Waals surface area contributed by atoms with E-state index in [1.54, 1.807) is 0 Å². The summed E-state index contributed by atoms with van der Waals surface area (Å²) in [5.74, 6) is 2.53. The van der Waals surface area contributed by atoms with Crippen LogP contribution in [0.1, 0.15) is 31.4 Å². The zero-order chi connectivity index (χ0) is 21.2. The molecule has 9 heteroatoms. The smallest absolute Gasteiger partial charge is 0.191 e. The van der Waals surface area contributed by atoms with Crippen LogP contribution in [0.4, 0.5) is 0 Å². The number of aryl methyl sites for hydroxylation is 2. The number of aliphatic imine (C=N–C) groups is 1. The van der Waals surface area contributed by atoms with Gasteiger partial charge in [-0.2, -0.15) is 0 Å². The van der Waals surface area contributed by atoms with Gasteiger partial charge in [0.1, 0.15) is 12.4 Å². The second-order valence-corrected chi connectivity index (χ2v) is 7.21. The lowest BCUT2D eigenvalue weighted by molar-refractivity contribution is 0.145. The molecular formula is C22H34IN7O. The molecule has 0 radical (unpaired) electrons. The van der Waals surface area contributed by atoms with Gasteiger partial charge in [0.15, 0.2) is 11.8 Å². The van der Waals surface area contributed by atoms with E-state index in [-0.39, 0.29) is 24.0 Å². The van der Waals surface area contributed by atoms with Gasteiger partial charge in [0.05, 0.1) is 0 Å². The Morgan fingerprint density at radius 3 is 2.61 bits per heavy atom. The first-order chi connectivity index (χ1) is 14.7. The van der Waals surface area contributed by atoms with Crippen molar-refractivity contribution >= 4 is 40.8 Å². The van der Waals surface area contributed by atoms with Gasteiger partial charge in [-0.15, -0.1) is 34.2 Å². The van der Waals surface area contributed by atoms with Gasteiger partial charge in [0.2, 0.25) is 0 Å². The SMILES string of the molecule is CCOCCCNC(=NCc1nnc(C)n1C)NCCCn1ccc2ccccc21.I. The van der Waals surface area contributed by atoms with Crippen LogP contribution >= 0.6 is 24.0 Å². The van der Waals surface area contributed by atoms with Crippen molar-refractivity contribution in [2.75, 3.05) is 26.3 Å². The van der Waals surface area contributed by atoms with E-state index in [4.69, 9.17) is 9.73 Å². The van der Waals surface area contributed by atoms with Crippen molar-refractivity contribution in [2.24, 2.45) is 12.0 Å². The molecular weight excluding hydrogens is 505 g/mol. The molecule has 0 atom stereocenters. The van der Waals surface area contributed by atoms with Gasteiger partial charge in [-0.3, -0.25) is 0 Å². The Morgan fingerprint density at radius 1 is 1.10 bits per heavy atom. The van der Waals surface area contributed by atoms with E-state index >= 15 is 0 Å². The van der Waals surface area contributed by atoms with Crippen LogP contribution < -0.4 is 10.6 Å². The molecule has 3 aromatic rings. The van der Waals surface area contributed by atoms with E-state index in [2.05, 4.69) is 61.9 Å². The van der Waals surface area contributed by atoms with E-state index in [1.807, 2.05) is 25.5 Å². The molecule has 3 rings (SSSR count). The monoisotopic (exact) mass is 539 g/mol. The normalized spacial score (nSPS) is 11.5. The fourth-order valence-electron chi connectivity index (χ4n) is 3.23. The maximum atomic E-state index is 5.41. The summed E-state index contributed by atoms with van der Waals surface area (Å²) in [5.41, 5.74) is 1.28. The molecule has 0 aliphatic heterocycles. The molecule has 1 aromatic carbocycles. The Kier molecular flexibility index (Phi) is 10.8. The number of para-hydroxylation sites is 1. The molecule has 170 valence electrons. The van der Waals surface area contributed by atoms with E-state index in [0.29, 0.717) is 6.54 Å². The minimum absolute atomic E-state index is 0. The number of hydrogen-bond acceptors (Lipinski definition) is 4. The zero-order valence-electron chi connectivity index (χ0n) is 18.7. The molecule has 0 unspecified atom stereocenters. The van der Waals surface area contributed by atoms with Crippen molar-refractivity contribution in [1.82, 2.24) is 30.0 Å². The third kappa shape index (κ3) is 7.49. The Labute approximate surface area is 201 Å². The largest absolute Gasteiger partial charge is 0.382 e. The Morgan fingerprint density at radius 2 is 1.87 bits per heavy atom. The average molecular weight is 539 g/mol. The standard InChI is InChI=1S/C22H33N7O.HI/c1-4-30-16-8-13-24-22(25-17-21-27-26-18(2)28(21)3)23-12-7-14-29-15-11-19-9-5-6-10-20(19)29;/h5-6,9-11,15H,4,7-8,12-14,16-17H2,1-3H3,(H2,23,24,25);1H. The van der Waals surface area contributed by atoms with E-state index in [0.717, 1.165) is 63.3 Å². The van der Waals surface area contributed by atoms with Gasteiger partial charge < -0.3 is 24.5 Å². The van der Waals surface area contributed by atoms with Crippen LogP contribution in [0.15, 0.2) is 41.5 Å². The average Bonchev–Trinajstić information content (AvgIpc) is 3.32. The van der Waals surface area contributed by atoms with Crippen LogP contribution in [0.2, 0.25) is 0 Å². The summed E-state index contributed by atoms with van der Waals surface area (Å²) in [6.07, 6.45) is 4.09. The quantitative estimate of drug-likeness (QED) is 0.169. The molecule has 2 aromatic heterocycles. The summed E-state index contributed by atoms with van der Waals surface area (Å²) in [7, 11) is 1.96. The van der Waals surface area contributed by atoms with Crippen LogP contribution in [0.3, 0.4) is 0 Å². The van der Waals surface area contributed by atoms with Gasteiger partial charge in [-0.1, -0.05) is 18.2 Å². The highest BCUT2D eigenvalue weighted by Crippen LogP contribution is 2.15. The minimum Gasteiger partial charge on any atom is -0.382 e. The minimum atomic E-state index is 0. The number of hydrogen-bond donors (Lipinski definition) is 2. The maximum Gasteiger partial charge on any atom is 0.191 e. The van der Waals surface area contributed by atoms with Crippen molar-refractivity contribution in [2.45, 2.75) is 39.8 Å². The summed E-state index contributed by atoms with van der Waals surface area (Å²) >= 11 is 0. The molecule has 0 aliphatic carbocycles. The van der Waals surface area contributed by atoms with Gasteiger partial charge in [-0.05, 0) is 44.2 Å². The third-order valence-electron chi connectivity index (χ3n) is 5.07. The van der Waals surface area contributed by atoms with E-state index in [9.17, 15) is 0 Å². The lowest BCUT2D eigenvalue weighted by Gasteiger charge is -2.13. The van der Waals surface area contributed by atoms with Gasteiger partial charge in [-0.25, -0.2) is 4.99 Å². The van der Waals surface area contributed by atoms with Gasteiger partial charge in [0, 0.05) is 51.6 Å². The molecule has 2 N–H and O–H groups in total. The molecule has 0 saturated heterocycles. The fourth-order valence-corrected chi connectivity index (χ4v) is 3.23. The van der Waals surface area contributed by atoms with Crippen LogP contribution in [0.25, 0.3) is 10.9 Å². The molecule has 0 spiro atoms. The summed E-state index contributed by atoms with van der Waals surface area (Å²) in [5, 5.41) is 16.4. The summed E-state index contributed by atoms with van der Waals surface area (Å²) < 4.78 is 9.68. The van der Waals surface area contributed by atoms with Crippen LogP contribution in [0, 0.1) is 6.92 Å². The number of aromatic nitrogens is 4. The third-order valence-corrected chi connectivity index (χ3v) is 5.07. The first-order valence-electron chi connectivity index (χ1n) is 10.7. The number of ether oxygens (including phenoxy) is 1. The first-order valence-corrected chi connectivity index (χ1v) is 10.7. The number of nitrogens with one attached hydrogen (secondary N) is 2.